The molecule has 1 amide bonds. The third-order valence-electron chi connectivity index (χ3n) is 3.17. The summed E-state index contributed by atoms with van der Waals surface area (Å²) in [6.07, 6.45) is -1.00. The van der Waals surface area contributed by atoms with Crippen molar-refractivity contribution in [3.05, 3.63) is 57.5 Å². The van der Waals surface area contributed by atoms with Gasteiger partial charge in [-0.05, 0) is 37.3 Å². The summed E-state index contributed by atoms with van der Waals surface area (Å²) in [6.45, 7) is 1.48. The molecule has 0 aliphatic carbocycles. The van der Waals surface area contributed by atoms with Gasteiger partial charge in [0.05, 0.1) is 23.4 Å². The molecule has 0 spiro atoms. The molecule has 24 heavy (non-hydrogen) atoms. The lowest BCUT2D eigenvalue weighted by atomic mass is 10.2. The second-order valence-corrected chi connectivity index (χ2v) is 6.18. The molecular formula is C17H15BrClNO4. The maximum absolute atomic E-state index is 12.2. The maximum atomic E-state index is 12.2. The standard InChI is InChI=1S/C17H15BrClNO4/c1-10(16(21)20-14-5-3-4-6-15(14)23-2)24-17(22)12-9-11(18)7-8-13(12)19/h3-10H,1-2H3,(H,20,21)/t10-/m1/s1. The molecule has 0 aliphatic rings. The van der Waals surface area contributed by atoms with Gasteiger partial charge in [0.1, 0.15) is 5.75 Å². The molecule has 1 N–H and O–H groups in total. The van der Waals surface area contributed by atoms with E-state index in [9.17, 15) is 9.59 Å². The van der Waals surface area contributed by atoms with Crippen molar-refractivity contribution in [3.63, 3.8) is 0 Å². The van der Waals surface area contributed by atoms with Gasteiger partial charge in [0.25, 0.3) is 5.91 Å². The maximum Gasteiger partial charge on any atom is 0.340 e. The third kappa shape index (κ3) is 4.49. The molecule has 0 saturated heterocycles. The van der Waals surface area contributed by atoms with Crippen LogP contribution in [0.15, 0.2) is 46.9 Å². The van der Waals surface area contributed by atoms with E-state index in [0.717, 1.165) is 0 Å². The molecule has 0 fully saturated rings. The van der Waals surface area contributed by atoms with Crippen LogP contribution < -0.4 is 10.1 Å². The van der Waals surface area contributed by atoms with E-state index in [-0.39, 0.29) is 10.6 Å². The van der Waals surface area contributed by atoms with E-state index in [2.05, 4.69) is 21.2 Å². The summed E-state index contributed by atoms with van der Waals surface area (Å²) in [5.74, 6) is -0.637. The van der Waals surface area contributed by atoms with Crippen LogP contribution in [-0.4, -0.2) is 25.1 Å². The van der Waals surface area contributed by atoms with E-state index >= 15 is 0 Å². The molecular weight excluding hydrogens is 398 g/mol. The van der Waals surface area contributed by atoms with Gasteiger partial charge in [-0.15, -0.1) is 0 Å². The van der Waals surface area contributed by atoms with Gasteiger partial charge in [-0.3, -0.25) is 4.79 Å². The minimum atomic E-state index is -1.00. The molecule has 2 aromatic carbocycles. The Bertz CT molecular complexity index is 766. The fraction of sp³-hybridized carbons (Fsp3) is 0.176. The quantitative estimate of drug-likeness (QED) is 0.744. The molecule has 0 heterocycles. The van der Waals surface area contributed by atoms with Crippen molar-refractivity contribution in [2.75, 3.05) is 12.4 Å². The number of nitrogens with one attached hydrogen (secondary N) is 1. The summed E-state index contributed by atoms with van der Waals surface area (Å²) in [6, 6.07) is 11.8. The molecule has 126 valence electrons. The van der Waals surface area contributed by atoms with Crippen molar-refractivity contribution in [1.29, 1.82) is 0 Å². The Balaban J connectivity index is 2.06. The molecule has 0 unspecified atom stereocenters. The number of halogens is 2. The summed E-state index contributed by atoms with van der Waals surface area (Å²) in [5.41, 5.74) is 0.677. The number of para-hydroxylation sites is 2. The van der Waals surface area contributed by atoms with Crippen LogP contribution in [0.3, 0.4) is 0 Å². The predicted octanol–water partition coefficient (Wildman–Crippen LogP) is 4.30. The van der Waals surface area contributed by atoms with E-state index in [0.29, 0.717) is 15.9 Å². The summed E-state index contributed by atoms with van der Waals surface area (Å²) in [7, 11) is 1.50. The smallest absolute Gasteiger partial charge is 0.340 e. The lowest BCUT2D eigenvalue weighted by Gasteiger charge is -2.15. The highest BCUT2D eigenvalue weighted by atomic mass is 79.9. The summed E-state index contributed by atoms with van der Waals surface area (Å²) >= 11 is 9.24. The predicted molar refractivity (Wildman–Crippen MR) is 95.7 cm³/mol. The molecule has 7 heteroatoms. The van der Waals surface area contributed by atoms with E-state index < -0.39 is 18.0 Å². The first kappa shape index (κ1) is 18.3. The van der Waals surface area contributed by atoms with Crippen molar-refractivity contribution in [2.24, 2.45) is 0 Å². The van der Waals surface area contributed by atoms with Gasteiger partial charge in [-0.1, -0.05) is 39.7 Å². The number of methoxy groups -OCH3 is 1. The van der Waals surface area contributed by atoms with Crippen LogP contribution in [0.4, 0.5) is 5.69 Å². The van der Waals surface area contributed by atoms with E-state index in [1.54, 1.807) is 36.4 Å². The molecule has 2 rings (SSSR count). The molecule has 5 nitrogen and oxygen atoms in total. The number of benzene rings is 2. The second-order valence-electron chi connectivity index (χ2n) is 4.86. The number of anilines is 1. The molecule has 0 aliphatic heterocycles. The van der Waals surface area contributed by atoms with Crippen LogP contribution in [0.2, 0.25) is 5.02 Å². The number of amides is 1. The Morgan fingerprint density at radius 2 is 1.92 bits per heavy atom. The Kier molecular flexibility index (Phi) is 6.23. The van der Waals surface area contributed by atoms with Gasteiger partial charge in [-0.25, -0.2) is 4.79 Å². The number of rotatable bonds is 5. The number of carbonyl (C=O) groups excluding carboxylic acids is 2. The van der Waals surface area contributed by atoms with Crippen LogP contribution in [0.5, 0.6) is 5.75 Å². The molecule has 0 saturated carbocycles. The highest BCUT2D eigenvalue weighted by Gasteiger charge is 2.21. The number of hydrogen-bond donors (Lipinski definition) is 1. The lowest BCUT2D eigenvalue weighted by molar-refractivity contribution is -0.123. The first-order chi connectivity index (χ1) is 11.4. The number of hydrogen-bond acceptors (Lipinski definition) is 4. The number of esters is 1. The van der Waals surface area contributed by atoms with Gasteiger partial charge < -0.3 is 14.8 Å². The van der Waals surface area contributed by atoms with E-state index in [1.165, 1.54) is 20.1 Å². The van der Waals surface area contributed by atoms with Crippen molar-refractivity contribution < 1.29 is 19.1 Å². The zero-order valence-corrected chi connectivity index (χ0v) is 15.3. The number of carbonyl (C=O) groups is 2. The first-order valence-corrected chi connectivity index (χ1v) is 8.19. The highest BCUT2D eigenvalue weighted by Crippen LogP contribution is 2.24. The van der Waals surface area contributed by atoms with Crippen molar-refractivity contribution in [1.82, 2.24) is 0 Å². The SMILES string of the molecule is COc1ccccc1NC(=O)[C@@H](C)OC(=O)c1cc(Br)ccc1Cl. The summed E-state index contributed by atoms with van der Waals surface area (Å²) in [4.78, 5) is 24.4. The fourth-order valence-electron chi connectivity index (χ4n) is 1.91. The molecule has 1 atom stereocenters. The average molecular weight is 413 g/mol. The summed E-state index contributed by atoms with van der Waals surface area (Å²) in [5, 5.41) is 2.91. The van der Waals surface area contributed by atoms with Gasteiger partial charge in [0.15, 0.2) is 6.10 Å². The minimum absolute atomic E-state index is 0.183. The van der Waals surface area contributed by atoms with Crippen LogP contribution in [-0.2, 0) is 9.53 Å². The largest absolute Gasteiger partial charge is 0.495 e. The van der Waals surface area contributed by atoms with Gasteiger partial charge in [-0.2, -0.15) is 0 Å². The Morgan fingerprint density at radius 1 is 1.21 bits per heavy atom. The second kappa shape index (κ2) is 8.17. The first-order valence-electron chi connectivity index (χ1n) is 7.02. The zero-order chi connectivity index (χ0) is 17.7. The van der Waals surface area contributed by atoms with Crippen LogP contribution in [0, 0.1) is 0 Å². The Morgan fingerprint density at radius 3 is 2.62 bits per heavy atom. The molecule has 0 bridgehead atoms. The van der Waals surface area contributed by atoms with Crippen molar-refractivity contribution in [2.45, 2.75) is 13.0 Å². The Labute approximate surface area is 153 Å². The fourth-order valence-corrected chi connectivity index (χ4v) is 2.47. The monoisotopic (exact) mass is 411 g/mol. The van der Waals surface area contributed by atoms with Gasteiger partial charge >= 0.3 is 5.97 Å². The topological polar surface area (TPSA) is 64.6 Å². The van der Waals surface area contributed by atoms with E-state index in [4.69, 9.17) is 21.1 Å². The van der Waals surface area contributed by atoms with Crippen molar-refractivity contribution in [3.8, 4) is 5.75 Å². The normalized spacial score (nSPS) is 11.5. The van der Waals surface area contributed by atoms with Crippen molar-refractivity contribution >= 4 is 45.1 Å². The average Bonchev–Trinajstić information content (AvgIpc) is 2.57. The van der Waals surface area contributed by atoms with Crippen LogP contribution >= 0.6 is 27.5 Å². The van der Waals surface area contributed by atoms with Crippen LogP contribution in [0.1, 0.15) is 17.3 Å². The summed E-state index contributed by atoms with van der Waals surface area (Å²) < 4.78 is 11.0. The van der Waals surface area contributed by atoms with E-state index in [1.807, 2.05) is 0 Å². The molecule has 0 radical (unpaired) electrons. The molecule has 2 aromatic rings. The highest BCUT2D eigenvalue weighted by molar-refractivity contribution is 9.10. The minimum Gasteiger partial charge on any atom is -0.495 e. The lowest BCUT2D eigenvalue weighted by Crippen LogP contribution is -2.30. The molecule has 0 aromatic heterocycles. The third-order valence-corrected chi connectivity index (χ3v) is 3.99. The number of ether oxygens (including phenoxy) is 2. The Hall–Kier alpha value is -2.05. The van der Waals surface area contributed by atoms with Gasteiger partial charge in [0.2, 0.25) is 0 Å². The zero-order valence-electron chi connectivity index (χ0n) is 13.0. The van der Waals surface area contributed by atoms with Crippen LogP contribution in [0.25, 0.3) is 0 Å². The van der Waals surface area contributed by atoms with Gasteiger partial charge in [0, 0.05) is 4.47 Å².